The molecule has 0 saturated carbocycles. The molecule has 1 aromatic carbocycles. The molecular formula is C12H20Cl2N2Zn. The predicted octanol–water partition coefficient (Wildman–Crippen LogP) is 2.94. The second-order valence-electron chi connectivity index (χ2n) is 3.82. The Kier molecular flexibility index (Phi) is 16.7. The molecule has 1 rings (SSSR count). The molecule has 5 heteroatoms. The van der Waals surface area contributed by atoms with Crippen molar-refractivity contribution in [2.45, 2.75) is 0 Å². The SMILES string of the molecule is CN(C)CCN(C)C.Clc1cc[c-]cc1.[Cl][Zn+]. The average Bonchev–Trinajstić information content (AvgIpc) is 2.31. The number of nitrogens with zero attached hydrogens (tertiary/aromatic N) is 2. The Bertz CT molecular complexity index is 236. The van der Waals surface area contributed by atoms with Gasteiger partial charge >= 0.3 is 27.0 Å². The van der Waals surface area contributed by atoms with Crippen LogP contribution in [-0.2, 0) is 17.3 Å². The summed E-state index contributed by atoms with van der Waals surface area (Å²) in [5.41, 5.74) is 0. The van der Waals surface area contributed by atoms with Crippen LogP contribution in [0, 0.1) is 6.07 Å². The Hall–Kier alpha value is 0.343. The topological polar surface area (TPSA) is 6.48 Å². The molecule has 0 atom stereocenters. The van der Waals surface area contributed by atoms with E-state index in [1.807, 2.05) is 0 Å². The molecule has 0 saturated heterocycles. The van der Waals surface area contributed by atoms with Gasteiger partial charge in [0.2, 0.25) is 0 Å². The number of halogens is 2. The molecule has 0 aliphatic rings. The van der Waals surface area contributed by atoms with Gasteiger partial charge in [-0.3, -0.25) is 0 Å². The number of likely N-dealkylation sites (N-methyl/N-ethyl adjacent to an activating group) is 2. The summed E-state index contributed by atoms with van der Waals surface area (Å²) in [4.78, 5) is 4.36. The van der Waals surface area contributed by atoms with E-state index in [0.717, 1.165) is 35.4 Å². The second-order valence-corrected chi connectivity index (χ2v) is 4.26. The van der Waals surface area contributed by atoms with Crippen molar-refractivity contribution in [2.24, 2.45) is 0 Å². The van der Waals surface area contributed by atoms with Gasteiger partial charge in [0.25, 0.3) is 0 Å². The standard InChI is InChI=1S/C6H4Cl.C6H16N2.ClH.Zn/c7-6-4-2-1-3-5-6;1-7(2)5-6-8(3)4;;/h2-5H;5-6H2,1-4H3;1H;/q-1;;;+2/p-1. The Morgan fingerprint density at radius 2 is 1.35 bits per heavy atom. The van der Waals surface area contributed by atoms with Crippen LogP contribution in [0.5, 0.6) is 0 Å². The fourth-order valence-electron chi connectivity index (χ4n) is 0.767. The molecule has 2 nitrogen and oxygen atoms in total. The molecule has 0 radical (unpaired) electrons. The maximum absolute atomic E-state index is 5.52. The minimum absolute atomic E-state index is 0.763. The molecular weight excluding hydrogens is 308 g/mol. The number of benzene rings is 1. The van der Waals surface area contributed by atoms with Crippen molar-refractivity contribution in [2.75, 3.05) is 41.3 Å². The van der Waals surface area contributed by atoms with Gasteiger partial charge in [0.15, 0.2) is 0 Å². The van der Waals surface area contributed by atoms with Crippen molar-refractivity contribution in [3.63, 3.8) is 0 Å². The zero-order valence-electron chi connectivity index (χ0n) is 11.1. The summed E-state index contributed by atoms with van der Waals surface area (Å²) in [7, 11) is 13.1. The van der Waals surface area contributed by atoms with Gasteiger partial charge in [-0.15, -0.1) is 11.6 Å². The van der Waals surface area contributed by atoms with Crippen LogP contribution in [0.3, 0.4) is 0 Å². The third-order valence-corrected chi connectivity index (χ3v) is 1.92. The predicted molar refractivity (Wildman–Crippen MR) is 73.2 cm³/mol. The van der Waals surface area contributed by atoms with Crippen LogP contribution in [0.25, 0.3) is 0 Å². The summed E-state index contributed by atoms with van der Waals surface area (Å²) >= 11 is 6.37. The molecule has 0 N–H and O–H groups in total. The van der Waals surface area contributed by atoms with Crippen molar-refractivity contribution in [1.29, 1.82) is 0 Å². The first-order valence-electron chi connectivity index (χ1n) is 5.20. The zero-order chi connectivity index (χ0) is 13.7. The normalized spacial score (nSPS) is 9.29. The third kappa shape index (κ3) is 18.9. The molecule has 1 aromatic rings. The van der Waals surface area contributed by atoms with Gasteiger partial charge < -0.3 is 9.80 Å². The van der Waals surface area contributed by atoms with Crippen LogP contribution in [-0.4, -0.2) is 51.1 Å². The fraction of sp³-hybridized carbons (Fsp3) is 0.500. The summed E-state index contributed by atoms with van der Waals surface area (Å²) in [6.45, 7) is 2.29. The maximum atomic E-state index is 5.52. The Balaban J connectivity index is 0. The van der Waals surface area contributed by atoms with Crippen LogP contribution in [0.1, 0.15) is 0 Å². The van der Waals surface area contributed by atoms with Gasteiger partial charge in [0.1, 0.15) is 0 Å². The summed E-state index contributed by atoms with van der Waals surface area (Å²) in [5.74, 6) is 0. The number of hydrogen-bond acceptors (Lipinski definition) is 2. The minimum atomic E-state index is 0.763. The van der Waals surface area contributed by atoms with E-state index in [2.05, 4.69) is 44.1 Å². The van der Waals surface area contributed by atoms with E-state index in [9.17, 15) is 0 Å². The van der Waals surface area contributed by atoms with E-state index in [1.165, 1.54) is 0 Å². The van der Waals surface area contributed by atoms with Crippen molar-refractivity contribution in [1.82, 2.24) is 9.80 Å². The molecule has 0 aliphatic heterocycles. The van der Waals surface area contributed by atoms with E-state index >= 15 is 0 Å². The van der Waals surface area contributed by atoms with Crippen molar-refractivity contribution in [3.05, 3.63) is 35.4 Å². The number of hydrogen-bond donors (Lipinski definition) is 0. The monoisotopic (exact) mass is 326 g/mol. The van der Waals surface area contributed by atoms with Gasteiger partial charge in [-0.1, -0.05) is 5.02 Å². The van der Waals surface area contributed by atoms with E-state index in [4.69, 9.17) is 21.3 Å². The van der Waals surface area contributed by atoms with Crippen LogP contribution in [0.15, 0.2) is 24.3 Å². The van der Waals surface area contributed by atoms with Gasteiger partial charge in [-0.25, -0.2) is 0 Å². The van der Waals surface area contributed by atoms with E-state index in [1.54, 1.807) is 24.3 Å². The Morgan fingerprint density at radius 1 is 1.00 bits per heavy atom. The molecule has 94 valence electrons. The van der Waals surface area contributed by atoms with Gasteiger partial charge in [-0.05, 0) is 28.2 Å². The summed E-state index contributed by atoms with van der Waals surface area (Å²) < 4.78 is 0. The second kappa shape index (κ2) is 14.4. The zero-order valence-corrected chi connectivity index (χ0v) is 15.6. The average molecular weight is 329 g/mol. The van der Waals surface area contributed by atoms with Crippen LogP contribution < -0.4 is 0 Å². The van der Waals surface area contributed by atoms with Crippen LogP contribution in [0.2, 0.25) is 5.02 Å². The Morgan fingerprint density at radius 3 is 1.53 bits per heavy atom. The molecule has 0 unspecified atom stereocenters. The van der Waals surface area contributed by atoms with Crippen molar-refractivity contribution < 1.29 is 17.3 Å². The summed E-state index contributed by atoms with van der Waals surface area (Å²) in [6, 6.07) is 10.00. The molecule has 0 aliphatic carbocycles. The Labute approximate surface area is 125 Å². The molecule has 0 fully saturated rings. The van der Waals surface area contributed by atoms with E-state index in [0.29, 0.717) is 0 Å². The first kappa shape index (κ1) is 19.7. The van der Waals surface area contributed by atoms with E-state index in [-0.39, 0.29) is 0 Å². The van der Waals surface area contributed by atoms with Crippen LogP contribution >= 0.6 is 21.3 Å². The first-order chi connectivity index (χ1) is 8.02. The fourth-order valence-corrected chi connectivity index (χ4v) is 0.893. The summed E-state index contributed by atoms with van der Waals surface area (Å²) in [6.07, 6.45) is 0. The van der Waals surface area contributed by atoms with Gasteiger partial charge in [0.05, 0.1) is 0 Å². The first-order valence-corrected chi connectivity index (χ1v) is 9.48. The quantitative estimate of drug-likeness (QED) is 0.622. The molecule has 17 heavy (non-hydrogen) atoms. The summed E-state index contributed by atoms with van der Waals surface area (Å²) in [5, 5.41) is 0.763. The molecule has 0 bridgehead atoms. The molecule has 0 heterocycles. The molecule has 0 aromatic heterocycles. The van der Waals surface area contributed by atoms with Gasteiger partial charge in [-0.2, -0.15) is 30.3 Å². The molecule has 0 spiro atoms. The van der Waals surface area contributed by atoms with Crippen LogP contribution in [0.4, 0.5) is 0 Å². The van der Waals surface area contributed by atoms with Gasteiger partial charge in [0, 0.05) is 13.1 Å². The van der Waals surface area contributed by atoms with Crippen molar-refractivity contribution >= 4 is 21.3 Å². The number of rotatable bonds is 3. The van der Waals surface area contributed by atoms with E-state index < -0.39 is 0 Å². The molecule has 0 amide bonds. The third-order valence-electron chi connectivity index (χ3n) is 1.67. The van der Waals surface area contributed by atoms with Crippen molar-refractivity contribution in [3.8, 4) is 0 Å².